The lowest BCUT2D eigenvalue weighted by Crippen LogP contribution is -2.26. The predicted molar refractivity (Wildman–Crippen MR) is 105 cm³/mol. The van der Waals surface area contributed by atoms with Crippen LogP contribution in [0.1, 0.15) is 29.1 Å². The number of hydrogen-bond acceptors (Lipinski definition) is 5. The zero-order chi connectivity index (χ0) is 16.8. The molecule has 0 fully saturated rings. The lowest BCUT2D eigenvalue weighted by molar-refractivity contribution is 0.740. The Bertz CT molecular complexity index is 1010. The van der Waals surface area contributed by atoms with Crippen molar-refractivity contribution in [2.24, 2.45) is 0 Å². The van der Waals surface area contributed by atoms with Crippen molar-refractivity contribution in [3.8, 4) is 0 Å². The van der Waals surface area contributed by atoms with Gasteiger partial charge < -0.3 is 9.88 Å². The van der Waals surface area contributed by atoms with Gasteiger partial charge in [-0.3, -0.25) is 4.79 Å². The molecule has 0 spiro atoms. The quantitative estimate of drug-likeness (QED) is 0.742. The molecule has 6 heteroatoms. The summed E-state index contributed by atoms with van der Waals surface area (Å²) < 4.78 is 0. The van der Waals surface area contributed by atoms with Gasteiger partial charge in [-0.05, 0) is 49.1 Å². The summed E-state index contributed by atoms with van der Waals surface area (Å²) in [6.45, 7) is 1.65. The van der Waals surface area contributed by atoms with Crippen molar-refractivity contribution in [1.82, 2.24) is 9.97 Å². The largest absolute Gasteiger partial charge is 0.363 e. The highest BCUT2D eigenvalue weighted by molar-refractivity contribution is 7.99. The summed E-state index contributed by atoms with van der Waals surface area (Å²) in [6.07, 6.45) is 4.43. The second-order valence-electron chi connectivity index (χ2n) is 6.64. The van der Waals surface area contributed by atoms with Crippen molar-refractivity contribution in [3.63, 3.8) is 0 Å². The van der Waals surface area contributed by atoms with Gasteiger partial charge in [-0.15, -0.1) is 23.1 Å². The van der Waals surface area contributed by atoms with E-state index in [0.717, 1.165) is 47.6 Å². The summed E-state index contributed by atoms with van der Waals surface area (Å²) in [5, 5.41) is 0.841. The molecule has 2 aromatic heterocycles. The molecule has 0 saturated heterocycles. The minimum Gasteiger partial charge on any atom is -0.363 e. The van der Waals surface area contributed by atoms with Gasteiger partial charge in [0.25, 0.3) is 5.56 Å². The summed E-state index contributed by atoms with van der Waals surface area (Å²) in [7, 11) is 0. The summed E-state index contributed by atoms with van der Waals surface area (Å²) in [4.78, 5) is 26.5. The Labute approximate surface area is 154 Å². The van der Waals surface area contributed by atoms with Crippen LogP contribution in [0.3, 0.4) is 0 Å². The number of H-pyrrole nitrogens is 1. The normalized spacial score (nSPS) is 16.7. The van der Waals surface area contributed by atoms with E-state index >= 15 is 0 Å². The molecule has 3 aromatic rings. The number of aromatic nitrogens is 2. The molecule has 128 valence electrons. The number of nitrogens with one attached hydrogen (secondary N) is 1. The third-order valence-electron chi connectivity index (χ3n) is 5.00. The van der Waals surface area contributed by atoms with Crippen molar-refractivity contribution in [2.45, 2.75) is 37.1 Å². The van der Waals surface area contributed by atoms with Crippen LogP contribution in [-0.2, 0) is 19.4 Å². The SMILES string of the molecule is O=c1[nH]c(CN2CCCSc3ccccc32)nc2sc3c(c12)CCC3. The number of aryl methyl sites for hydroxylation is 2. The molecule has 0 unspecified atom stereocenters. The molecule has 1 aliphatic heterocycles. The average Bonchev–Trinajstić information content (AvgIpc) is 3.12. The minimum atomic E-state index is 0.0388. The van der Waals surface area contributed by atoms with Crippen LogP contribution in [0.5, 0.6) is 0 Å². The molecule has 1 aromatic carbocycles. The standard InChI is InChI=1S/C19H19N3OS2/c23-18-17-12-5-3-8-14(12)25-19(17)21-16(20-18)11-22-9-4-10-24-15-7-2-1-6-13(15)22/h1-2,6-7H,3-5,8-11H2,(H,20,21,23). The molecule has 3 heterocycles. The Morgan fingerprint density at radius 3 is 3.08 bits per heavy atom. The van der Waals surface area contributed by atoms with Crippen molar-refractivity contribution in [1.29, 1.82) is 0 Å². The number of fused-ring (bicyclic) bond motifs is 4. The van der Waals surface area contributed by atoms with Gasteiger partial charge in [0, 0.05) is 16.3 Å². The van der Waals surface area contributed by atoms with E-state index in [2.05, 4.69) is 34.1 Å². The van der Waals surface area contributed by atoms with Crippen LogP contribution in [0, 0.1) is 0 Å². The number of aromatic amines is 1. The van der Waals surface area contributed by atoms with Gasteiger partial charge in [-0.1, -0.05) is 12.1 Å². The number of para-hydroxylation sites is 1. The Kier molecular flexibility index (Phi) is 3.82. The van der Waals surface area contributed by atoms with E-state index in [4.69, 9.17) is 4.98 Å². The molecule has 0 radical (unpaired) electrons. The number of nitrogens with zero attached hydrogens (tertiary/aromatic N) is 2. The Morgan fingerprint density at radius 1 is 1.20 bits per heavy atom. The first-order chi connectivity index (χ1) is 12.3. The molecule has 1 N–H and O–H groups in total. The Morgan fingerprint density at radius 2 is 2.12 bits per heavy atom. The number of anilines is 1. The highest BCUT2D eigenvalue weighted by Gasteiger charge is 2.22. The second kappa shape index (κ2) is 6.18. The third kappa shape index (κ3) is 2.68. The Balaban J connectivity index is 1.53. The van der Waals surface area contributed by atoms with Crippen molar-refractivity contribution in [2.75, 3.05) is 17.2 Å². The lowest BCUT2D eigenvalue weighted by Gasteiger charge is -2.23. The third-order valence-corrected chi connectivity index (χ3v) is 7.34. The molecule has 2 aliphatic rings. The first-order valence-electron chi connectivity index (χ1n) is 8.80. The van der Waals surface area contributed by atoms with Crippen LogP contribution in [-0.4, -0.2) is 22.3 Å². The van der Waals surface area contributed by atoms with Gasteiger partial charge in [0.1, 0.15) is 10.7 Å². The van der Waals surface area contributed by atoms with Gasteiger partial charge in [0.2, 0.25) is 0 Å². The molecule has 5 rings (SSSR count). The first-order valence-corrected chi connectivity index (χ1v) is 10.6. The van der Waals surface area contributed by atoms with Crippen LogP contribution in [0.25, 0.3) is 10.2 Å². The topological polar surface area (TPSA) is 49.0 Å². The second-order valence-corrected chi connectivity index (χ2v) is 8.86. The number of hydrogen-bond donors (Lipinski definition) is 1. The van der Waals surface area contributed by atoms with Gasteiger partial charge in [0.15, 0.2) is 0 Å². The fourth-order valence-electron chi connectivity index (χ4n) is 3.87. The van der Waals surface area contributed by atoms with Gasteiger partial charge in [-0.25, -0.2) is 4.98 Å². The maximum absolute atomic E-state index is 12.7. The van der Waals surface area contributed by atoms with Crippen LogP contribution in [0.15, 0.2) is 34.0 Å². The summed E-state index contributed by atoms with van der Waals surface area (Å²) >= 11 is 3.63. The average molecular weight is 370 g/mol. The molecule has 0 atom stereocenters. The van der Waals surface area contributed by atoms with Crippen molar-refractivity contribution >= 4 is 39.0 Å². The Hall–Kier alpha value is -1.79. The van der Waals surface area contributed by atoms with E-state index in [1.165, 1.54) is 27.4 Å². The number of thioether (sulfide) groups is 1. The molecule has 0 saturated carbocycles. The van der Waals surface area contributed by atoms with Crippen LogP contribution < -0.4 is 10.5 Å². The van der Waals surface area contributed by atoms with Gasteiger partial charge >= 0.3 is 0 Å². The molecular formula is C19H19N3OS2. The maximum atomic E-state index is 12.7. The molecule has 0 bridgehead atoms. The maximum Gasteiger partial charge on any atom is 0.259 e. The molecule has 4 nitrogen and oxygen atoms in total. The summed E-state index contributed by atoms with van der Waals surface area (Å²) in [6, 6.07) is 8.53. The molecule has 0 amide bonds. The van der Waals surface area contributed by atoms with Gasteiger partial charge in [0.05, 0.1) is 17.6 Å². The monoisotopic (exact) mass is 369 g/mol. The van der Waals surface area contributed by atoms with E-state index < -0.39 is 0 Å². The van der Waals surface area contributed by atoms with E-state index in [1.54, 1.807) is 11.3 Å². The van der Waals surface area contributed by atoms with E-state index in [9.17, 15) is 4.79 Å². The van der Waals surface area contributed by atoms with E-state index in [-0.39, 0.29) is 5.56 Å². The first kappa shape index (κ1) is 15.5. The van der Waals surface area contributed by atoms with Gasteiger partial charge in [-0.2, -0.15) is 0 Å². The smallest absolute Gasteiger partial charge is 0.259 e. The minimum absolute atomic E-state index is 0.0388. The van der Waals surface area contributed by atoms with Crippen LogP contribution in [0.2, 0.25) is 0 Å². The van der Waals surface area contributed by atoms with E-state index in [1.807, 2.05) is 11.8 Å². The zero-order valence-electron chi connectivity index (χ0n) is 13.9. The fourth-order valence-corrected chi connectivity index (χ4v) is 6.16. The number of rotatable bonds is 2. The summed E-state index contributed by atoms with van der Waals surface area (Å²) in [5.41, 5.74) is 2.54. The number of benzene rings is 1. The molecule has 1 aliphatic carbocycles. The van der Waals surface area contributed by atoms with Crippen molar-refractivity contribution in [3.05, 3.63) is 50.9 Å². The fraction of sp³-hybridized carbons (Fsp3) is 0.368. The lowest BCUT2D eigenvalue weighted by atomic mass is 10.2. The molecule has 25 heavy (non-hydrogen) atoms. The van der Waals surface area contributed by atoms with Crippen LogP contribution in [0.4, 0.5) is 5.69 Å². The zero-order valence-corrected chi connectivity index (χ0v) is 15.5. The highest BCUT2D eigenvalue weighted by Crippen LogP contribution is 2.36. The highest BCUT2D eigenvalue weighted by atomic mass is 32.2. The summed E-state index contributed by atoms with van der Waals surface area (Å²) in [5.74, 6) is 1.91. The molecular weight excluding hydrogens is 350 g/mol. The van der Waals surface area contributed by atoms with Crippen LogP contribution >= 0.6 is 23.1 Å². The van der Waals surface area contributed by atoms with E-state index in [0.29, 0.717) is 6.54 Å². The number of thiophene rings is 1. The van der Waals surface area contributed by atoms with Crippen molar-refractivity contribution < 1.29 is 0 Å². The predicted octanol–water partition coefficient (Wildman–Crippen LogP) is 3.98.